The fraction of sp³-hybridized carbons (Fsp3) is 0.500. The molecule has 0 saturated carbocycles. The van der Waals surface area contributed by atoms with Crippen molar-refractivity contribution in [3.8, 4) is 0 Å². The van der Waals surface area contributed by atoms with E-state index in [1.54, 1.807) is 5.56 Å². The van der Waals surface area contributed by atoms with Gasteiger partial charge in [-0.05, 0) is 24.8 Å². The van der Waals surface area contributed by atoms with Gasteiger partial charge in [-0.15, -0.1) is 0 Å². The van der Waals surface area contributed by atoms with Crippen LogP contribution in [-0.4, -0.2) is 9.52 Å². The van der Waals surface area contributed by atoms with Crippen LogP contribution in [0.1, 0.15) is 38.2 Å². The molecule has 17 heavy (non-hydrogen) atoms. The number of allylic oxidation sites excluding steroid dienone is 2. The molecule has 0 aromatic heterocycles. The van der Waals surface area contributed by atoms with Crippen molar-refractivity contribution < 1.29 is 0 Å². The first-order valence-corrected chi connectivity index (χ1v) is 9.11. The Morgan fingerprint density at radius 1 is 1.18 bits per heavy atom. The van der Waals surface area contributed by atoms with Gasteiger partial charge >= 0.3 is 0 Å². The molecule has 0 aliphatic carbocycles. The second-order valence-electron chi connectivity index (χ2n) is 5.27. The summed E-state index contributed by atoms with van der Waals surface area (Å²) in [6, 6.07) is 14.2. The molecule has 1 saturated heterocycles. The van der Waals surface area contributed by atoms with Crippen LogP contribution in [0.4, 0.5) is 0 Å². The van der Waals surface area contributed by atoms with Crippen molar-refractivity contribution in [2.75, 3.05) is 0 Å². The van der Waals surface area contributed by atoms with E-state index >= 15 is 0 Å². The lowest BCUT2D eigenvalue weighted by Gasteiger charge is -2.35. The monoisotopic (exact) mass is 244 g/mol. The maximum atomic E-state index is 2.53. The third-order valence-corrected chi connectivity index (χ3v) is 5.69. The van der Waals surface area contributed by atoms with Crippen LogP contribution < -0.4 is 0 Å². The van der Waals surface area contributed by atoms with Gasteiger partial charge < -0.3 is 0 Å². The predicted octanol–water partition coefficient (Wildman–Crippen LogP) is 4.08. The summed E-state index contributed by atoms with van der Waals surface area (Å²) in [5.41, 5.74) is 1.92. The van der Waals surface area contributed by atoms with E-state index < -0.39 is 0 Å². The zero-order chi connectivity index (χ0) is 12.0. The topological polar surface area (TPSA) is 0 Å². The summed E-state index contributed by atoms with van der Waals surface area (Å²) in [5, 5.41) is 0. The molecule has 1 aliphatic heterocycles. The highest BCUT2D eigenvalue weighted by molar-refractivity contribution is 6.35. The van der Waals surface area contributed by atoms with Gasteiger partial charge in [0.05, 0.1) is 0 Å². The molecule has 1 aliphatic rings. The van der Waals surface area contributed by atoms with Crippen molar-refractivity contribution >= 4 is 9.52 Å². The van der Waals surface area contributed by atoms with Crippen LogP contribution in [0.25, 0.3) is 0 Å². The molecule has 1 aromatic rings. The van der Waals surface area contributed by atoms with Crippen molar-refractivity contribution in [1.82, 2.24) is 0 Å². The van der Waals surface area contributed by atoms with Crippen molar-refractivity contribution in [1.29, 1.82) is 0 Å². The Morgan fingerprint density at radius 3 is 2.53 bits per heavy atom. The van der Waals surface area contributed by atoms with Gasteiger partial charge in [-0.25, -0.2) is 0 Å². The van der Waals surface area contributed by atoms with Crippen molar-refractivity contribution in [2.24, 2.45) is 0 Å². The Balaban J connectivity index is 2.23. The average Bonchev–Trinajstić information content (AvgIpc) is 2.41. The molecule has 0 atom stereocenters. The number of benzene rings is 1. The molecule has 0 amide bonds. The van der Waals surface area contributed by atoms with E-state index in [1.807, 2.05) is 0 Å². The summed E-state index contributed by atoms with van der Waals surface area (Å²) < 4.78 is 0. The molecule has 0 spiro atoms. The van der Waals surface area contributed by atoms with Gasteiger partial charge in [0.2, 0.25) is 0 Å². The highest BCUT2D eigenvalue weighted by atomic mass is 28.2. The highest BCUT2D eigenvalue weighted by Crippen LogP contribution is 2.39. The zero-order valence-corrected chi connectivity index (χ0v) is 12.4. The maximum absolute atomic E-state index is 2.53. The lowest BCUT2D eigenvalue weighted by atomic mass is 9.75. The van der Waals surface area contributed by atoms with Crippen LogP contribution >= 0.6 is 0 Å². The normalized spacial score (nSPS) is 26.6. The SMILES string of the molecule is CCCC=CC1(c2ccccc2)CC[SiH2]CC1. The lowest BCUT2D eigenvalue weighted by Crippen LogP contribution is -2.28. The molecule has 1 heterocycles. The van der Waals surface area contributed by atoms with Gasteiger partial charge in [-0.1, -0.05) is 67.9 Å². The molecule has 0 radical (unpaired) electrons. The minimum absolute atomic E-state index is 0.272. The molecule has 1 heteroatoms. The van der Waals surface area contributed by atoms with E-state index in [9.17, 15) is 0 Å². The summed E-state index contributed by atoms with van der Waals surface area (Å²) in [6.45, 7) is 2.26. The quantitative estimate of drug-likeness (QED) is 0.553. The van der Waals surface area contributed by atoms with Gasteiger partial charge in [0.1, 0.15) is 0 Å². The van der Waals surface area contributed by atoms with Gasteiger partial charge in [-0.3, -0.25) is 0 Å². The van der Waals surface area contributed by atoms with Gasteiger partial charge in [0.15, 0.2) is 0 Å². The fourth-order valence-electron chi connectivity index (χ4n) is 2.98. The predicted molar refractivity (Wildman–Crippen MR) is 79.6 cm³/mol. The minimum atomic E-state index is 0.272. The lowest BCUT2D eigenvalue weighted by molar-refractivity contribution is 0.477. The summed E-state index contributed by atoms with van der Waals surface area (Å²) in [5.74, 6) is 0. The van der Waals surface area contributed by atoms with Crippen molar-refractivity contribution in [3.05, 3.63) is 48.0 Å². The Labute approximate surface area is 108 Å². The van der Waals surface area contributed by atoms with Gasteiger partial charge in [0.25, 0.3) is 0 Å². The first-order chi connectivity index (χ1) is 8.37. The molecule has 0 nitrogen and oxygen atoms in total. The molecule has 2 rings (SSSR count). The third-order valence-electron chi connectivity index (χ3n) is 3.99. The highest BCUT2D eigenvalue weighted by Gasteiger charge is 2.30. The molecular formula is C16H24Si. The molecule has 1 aromatic carbocycles. The zero-order valence-electron chi connectivity index (χ0n) is 11.0. The van der Waals surface area contributed by atoms with E-state index in [0.29, 0.717) is 5.41 Å². The van der Waals surface area contributed by atoms with Crippen molar-refractivity contribution in [3.63, 3.8) is 0 Å². The summed E-state index contributed by atoms with van der Waals surface area (Å²) in [7, 11) is 0.272. The molecule has 0 N–H and O–H groups in total. The van der Waals surface area contributed by atoms with Gasteiger partial charge in [-0.2, -0.15) is 0 Å². The van der Waals surface area contributed by atoms with Crippen LogP contribution in [0, 0.1) is 0 Å². The second kappa shape index (κ2) is 6.20. The largest absolute Gasteiger partial charge is 0.0877 e. The van der Waals surface area contributed by atoms with Crippen LogP contribution in [0.15, 0.2) is 42.5 Å². The smallest absolute Gasteiger partial charge is 0.0198 e. The summed E-state index contributed by atoms with van der Waals surface area (Å²) in [6.07, 6.45) is 10.2. The minimum Gasteiger partial charge on any atom is -0.0877 e. The van der Waals surface area contributed by atoms with Crippen molar-refractivity contribution in [2.45, 2.75) is 50.1 Å². The summed E-state index contributed by atoms with van der Waals surface area (Å²) in [4.78, 5) is 0. The fourth-order valence-corrected chi connectivity index (χ4v) is 5.10. The van der Waals surface area contributed by atoms with E-state index in [-0.39, 0.29) is 9.52 Å². The Morgan fingerprint density at radius 2 is 1.88 bits per heavy atom. The first-order valence-electron chi connectivity index (χ1n) is 7.11. The Kier molecular flexibility index (Phi) is 4.61. The number of hydrogen-bond acceptors (Lipinski definition) is 0. The van der Waals surface area contributed by atoms with Crippen LogP contribution in [0.2, 0.25) is 12.1 Å². The molecular weight excluding hydrogens is 220 g/mol. The second-order valence-corrected chi connectivity index (χ2v) is 7.40. The Bertz CT molecular complexity index is 347. The Hall–Kier alpha value is -0.823. The maximum Gasteiger partial charge on any atom is 0.0198 e. The van der Waals surface area contributed by atoms with E-state index in [0.717, 1.165) is 0 Å². The molecule has 1 fully saturated rings. The van der Waals surface area contributed by atoms with Crippen LogP contribution in [0.5, 0.6) is 0 Å². The average molecular weight is 244 g/mol. The van der Waals surface area contributed by atoms with Crippen LogP contribution in [-0.2, 0) is 5.41 Å². The molecule has 0 unspecified atom stereocenters. The first kappa shape index (κ1) is 12.6. The van der Waals surface area contributed by atoms with E-state index in [2.05, 4.69) is 49.4 Å². The van der Waals surface area contributed by atoms with E-state index in [4.69, 9.17) is 0 Å². The summed E-state index contributed by atoms with van der Waals surface area (Å²) >= 11 is 0. The van der Waals surface area contributed by atoms with Gasteiger partial charge in [0, 0.05) is 14.9 Å². The van der Waals surface area contributed by atoms with E-state index in [1.165, 1.54) is 37.8 Å². The standard InChI is InChI=1S/C16H24Si/c1-2-3-7-10-16(11-13-17-14-12-16)15-8-5-4-6-9-15/h4-10H,2-3,11-14,17H2,1H3. The molecule has 0 bridgehead atoms. The van der Waals surface area contributed by atoms with Crippen LogP contribution in [0.3, 0.4) is 0 Å². The third kappa shape index (κ3) is 3.10. The number of rotatable bonds is 4. The molecule has 92 valence electrons. The number of unbranched alkanes of at least 4 members (excludes halogenated alkanes) is 1. The number of hydrogen-bond donors (Lipinski definition) is 0.